The number of hydrogen-bond acceptors (Lipinski definition) is 8. The second-order valence-electron chi connectivity index (χ2n) is 5.78. The molecule has 1 amide bonds. The lowest BCUT2D eigenvalue weighted by molar-refractivity contribution is 0.0959. The number of hydrogen-bond donors (Lipinski definition) is 4. The number of aromatic nitrogens is 2. The van der Waals surface area contributed by atoms with Crippen LogP contribution in [0.1, 0.15) is 23.2 Å². The summed E-state index contributed by atoms with van der Waals surface area (Å²) in [6, 6.07) is 6.91. The first-order chi connectivity index (χ1) is 12.7. The lowest BCUT2D eigenvalue weighted by Gasteiger charge is -2.15. The number of nitrogens with two attached hydrogens (primary N) is 1. The summed E-state index contributed by atoms with van der Waals surface area (Å²) in [5, 5.41) is 3.16. The number of para-hydroxylation sites is 1. The van der Waals surface area contributed by atoms with Gasteiger partial charge in [-0.05, 0) is 25.0 Å². The summed E-state index contributed by atoms with van der Waals surface area (Å²) in [5.41, 5.74) is 12.1. The zero-order valence-corrected chi connectivity index (χ0v) is 14.5. The van der Waals surface area contributed by atoms with Crippen molar-refractivity contribution < 1.29 is 14.3 Å². The highest BCUT2D eigenvalue weighted by molar-refractivity contribution is 5.97. The van der Waals surface area contributed by atoms with E-state index in [1.165, 1.54) is 13.4 Å². The Labute approximate surface area is 151 Å². The smallest absolute Gasteiger partial charge is 0.273 e. The second kappa shape index (κ2) is 8.34. The molecule has 1 aliphatic heterocycles. The molecule has 1 unspecified atom stereocenters. The zero-order chi connectivity index (χ0) is 18.4. The van der Waals surface area contributed by atoms with Gasteiger partial charge in [-0.2, -0.15) is 0 Å². The van der Waals surface area contributed by atoms with Gasteiger partial charge >= 0.3 is 0 Å². The first kappa shape index (κ1) is 17.7. The molecule has 1 aromatic heterocycles. The molecule has 0 bridgehead atoms. The largest absolute Gasteiger partial charge is 0.496 e. The second-order valence-corrected chi connectivity index (χ2v) is 5.78. The molecule has 1 atom stereocenters. The summed E-state index contributed by atoms with van der Waals surface area (Å²) in [5.74, 6) is 0.901. The number of nitrogens with one attached hydrogen (secondary N) is 3. The lowest BCUT2D eigenvalue weighted by Crippen LogP contribution is -2.31. The molecule has 26 heavy (non-hydrogen) atoms. The van der Waals surface area contributed by atoms with E-state index in [-0.39, 0.29) is 12.0 Å². The van der Waals surface area contributed by atoms with Gasteiger partial charge in [-0.25, -0.2) is 9.97 Å². The molecule has 2 aromatic rings. The fraction of sp³-hybridized carbons (Fsp3) is 0.353. The summed E-state index contributed by atoms with van der Waals surface area (Å²) in [4.78, 5) is 20.5. The average molecular weight is 358 g/mol. The van der Waals surface area contributed by atoms with E-state index in [9.17, 15) is 4.79 Å². The molecule has 2 heterocycles. The van der Waals surface area contributed by atoms with Crippen LogP contribution >= 0.6 is 0 Å². The minimum Gasteiger partial charge on any atom is -0.496 e. The Hall–Kier alpha value is -3.07. The number of methoxy groups -OCH3 is 1. The molecule has 138 valence electrons. The van der Waals surface area contributed by atoms with Crippen molar-refractivity contribution >= 4 is 23.2 Å². The minimum atomic E-state index is -0.366. The Morgan fingerprint density at radius 3 is 2.92 bits per heavy atom. The Balaban J connectivity index is 1.62. The molecule has 1 saturated heterocycles. The molecular weight excluding hydrogens is 336 g/mol. The number of carbonyl (C=O) groups is 1. The van der Waals surface area contributed by atoms with Gasteiger partial charge in [0.2, 0.25) is 0 Å². The van der Waals surface area contributed by atoms with Crippen molar-refractivity contribution in [3.05, 3.63) is 36.2 Å². The summed E-state index contributed by atoms with van der Waals surface area (Å²) < 4.78 is 10.7. The van der Waals surface area contributed by atoms with E-state index in [0.29, 0.717) is 35.2 Å². The highest BCUT2D eigenvalue weighted by Crippen LogP contribution is 2.23. The van der Waals surface area contributed by atoms with E-state index in [1.54, 1.807) is 24.3 Å². The Kier molecular flexibility index (Phi) is 5.69. The van der Waals surface area contributed by atoms with Crippen LogP contribution in [0.15, 0.2) is 30.6 Å². The minimum absolute atomic E-state index is 0.158. The topological polar surface area (TPSA) is 123 Å². The maximum Gasteiger partial charge on any atom is 0.273 e. The lowest BCUT2D eigenvalue weighted by atomic mass is 10.2. The summed E-state index contributed by atoms with van der Waals surface area (Å²) in [6.45, 7) is 1.40. The number of anilines is 3. The Bertz CT molecular complexity index is 764. The van der Waals surface area contributed by atoms with E-state index in [2.05, 4.69) is 26.1 Å². The van der Waals surface area contributed by atoms with Crippen molar-refractivity contribution in [1.82, 2.24) is 15.4 Å². The normalized spacial score (nSPS) is 16.1. The van der Waals surface area contributed by atoms with Crippen molar-refractivity contribution in [2.75, 3.05) is 36.7 Å². The van der Waals surface area contributed by atoms with Gasteiger partial charge in [0.25, 0.3) is 5.91 Å². The molecule has 5 N–H and O–H groups in total. The number of ether oxygens (including phenoxy) is 2. The molecule has 0 radical (unpaired) electrons. The van der Waals surface area contributed by atoms with Crippen LogP contribution in [-0.4, -0.2) is 42.2 Å². The van der Waals surface area contributed by atoms with Crippen molar-refractivity contribution in [1.29, 1.82) is 0 Å². The van der Waals surface area contributed by atoms with Crippen molar-refractivity contribution in [3.8, 4) is 5.75 Å². The van der Waals surface area contributed by atoms with E-state index in [1.807, 2.05) is 0 Å². The van der Waals surface area contributed by atoms with Crippen LogP contribution in [0.2, 0.25) is 0 Å². The fourth-order valence-corrected chi connectivity index (χ4v) is 2.67. The summed E-state index contributed by atoms with van der Waals surface area (Å²) >= 11 is 0. The zero-order valence-electron chi connectivity index (χ0n) is 14.5. The first-order valence-electron chi connectivity index (χ1n) is 8.34. The standard InChI is InChI=1S/C17H22N6O3/c1-25-13-7-3-2-6-12(13)17(24)23-22-16-14(18)15(20-10-21-16)19-9-11-5-4-8-26-11/h2-3,6-7,10-11H,4-5,8-9,18H2,1H3,(H,23,24)(H2,19,20,21,22). The van der Waals surface area contributed by atoms with Gasteiger partial charge in [0.05, 0.1) is 18.8 Å². The van der Waals surface area contributed by atoms with Crippen molar-refractivity contribution in [3.63, 3.8) is 0 Å². The summed E-state index contributed by atoms with van der Waals surface area (Å²) in [7, 11) is 1.51. The number of nitrogen functional groups attached to an aromatic ring is 1. The van der Waals surface area contributed by atoms with Gasteiger partial charge in [-0.15, -0.1) is 0 Å². The van der Waals surface area contributed by atoms with Crippen LogP contribution < -0.4 is 26.6 Å². The van der Waals surface area contributed by atoms with Gasteiger partial charge in [0.15, 0.2) is 11.6 Å². The van der Waals surface area contributed by atoms with E-state index >= 15 is 0 Å². The molecular formula is C17H22N6O3. The molecule has 1 aliphatic rings. The molecule has 0 saturated carbocycles. The number of nitrogens with zero attached hydrogens (tertiary/aromatic N) is 2. The van der Waals surface area contributed by atoms with Gasteiger partial charge in [-0.3, -0.25) is 15.6 Å². The van der Waals surface area contributed by atoms with Gasteiger partial charge in [-0.1, -0.05) is 12.1 Å². The monoisotopic (exact) mass is 358 g/mol. The number of rotatable bonds is 7. The van der Waals surface area contributed by atoms with Gasteiger partial charge in [0.1, 0.15) is 17.8 Å². The Morgan fingerprint density at radius 1 is 1.35 bits per heavy atom. The number of amides is 1. The average Bonchev–Trinajstić information content (AvgIpc) is 3.19. The van der Waals surface area contributed by atoms with Crippen LogP contribution in [-0.2, 0) is 4.74 Å². The van der Waals surface area contributed by atoms with Gasteiger partial charge in [0, 0.05) is 13.2 Å². The molecule has 1 fully saturated rings. The third-order valence-corrected chi connectivity index (χ3v) is 4.05. The van der Waals surface area contributed by atoms with E-state index in [4.69, 9.17) is 15.2 Å². The third-order valence-electron chi connectivity index (χ3n) is 4.05. The van der Waals surface area contributed by atoms with Crippen LogP contribution in [0.25, 0.3) is 0 Å². The SMILES string of the molecule is COc1ccccc1C(=O)NNc1ncnc(NCC2CCCO2)c1N. The highest BCUT2D eigenvalue weighted by atomic mass is 16.5. The van der Waals surface area contributed by atoms with Gasteiger partial charge < -0.3 is 20.5 Å². The Morgan fingerprint density at radius 2 is 2.15 bits per heavy atom. The molecule has 1 aromatic carbocycles. The predicted molar refractivity (Wildman–Crippen MR) is 98.0 cm³/mol. The molecule has 0 aliphatic carbocycles. The maximum absolute atomic E-state index is 12.3. The van der Waals surface area contributed by atoms with Crippen LogP contribution in [0.4, 0.5) is 17.3 Å². The van der Waals surface area contributed by atoms with Crippen LogP contribution in [0, 0.1) is 0 Å². The van der Waals surface area contributed by atoms with Crippen LogP contribution in [0.5, 0.6) is 5.75 Å². The van der Waals surface area contributed by atoms with E-state index in [0.717, 1.165) is 19.4 Å². The van der Waals surface area contributed by atoms with Crippen LogP contribution in [0.3, 0.4) is 0 Å². The number of carbonyl (C=O) groups excluding carboxylic acids is 1. The number of benzene rings is 1. The maximum atomic E-state index is 12.3. The molecule has 3 rings (SSSR count). The fourth-order valence-electron chi connectivity index (χ4n) is 2.67. The summed E-state index contributed by atoms with van der Waals surface area (Å²) in [6.07, 6.45) is 3.60. The highest BCUT2D eigenvalue weighted by Gasteiger charge is 2.17. The predicted octanol–water partition coefficient (Wildman–Crippen LogP) is 1.42. The van der Waals surface area contributed by atoms with E-state index < -0.39 is 0 Å². The van der Waals surface area contributed by atoms with Crippen molar-refractivity contribution in [2.45, 2.75) is 18.9 Å². The quantitative estimate of drug-likeness (QED) is 0.548. The molecule has 9 heteroatoms. The third kappa shape index (κ3) is 4.12. The molecule has 0 spiro atoms. The molecule has 9 nitrogen and oxygen atoms in total. The first-order valence-corrected chi connectivity index (χ1v) is 8.34. The van der Waals surface area contributed by atoms with Crippen molar-refractivity contribution in [2.24, 2.45) is 0 Å². The number of hydrazine groups is 1.